The Morgan fingerprint density at radius 3 is 2.50 bits per heavy atom. The number of sulfonamides is 1. The normalized spacial score (nSPS) is 12.7. The van der Waals surface area contributed by atoms with Crippen LogP contribution in [0.4, 0.5) is 10.5 Å². The summed E-state index contributed by atoms with van der Waals surface area (Å²) in [4.78, 5) is 11.7. The highest BCUT2D eigenvalue weighted by Gasteiger charge is 2.19. The lowest BCUT2D eigenvalue weighted by Crippen LogP contribution is -2.38. The molecule has 0 aliphatic carbocycles. The molecule has 1 aromatic rings. The van der Waals surface area contributed by atoms with Crippen molar-refractivity contribution in [3.05, 3.63) is 36.9 Å². The predicted molar refractivity (Wildman–Crippen MR) is 85.2 cm³/mol. The molecule has 0 saturated heterocycles. The van der Waals surface area contributed by atoms with E-state index in [0.717, 1.165) is 0 Å². The number of rotatable bonds is 7. The zero-order valence-corrected chi connectivity index (χ0v) is 13.4. The highest BCUT2D eigenvalue weighted by atomic mass is 32.2. The van der Waals surface area contributed by atoms with Crippen LogP contribution in [0.1, 0.15) is 6.92 Å². The Balaban J connectivity index is 2.79. The lowest BCUT2D eigenvalue weighted by Gasteiger charge is -2.16. The highest BCUT2D eigenvalue weighted by molar-refractivity contribution is 7.89. The summed E-state index contributed by atoms with van der Waals surface area (Å²) in [6.07, 6.45) is 1.50. The van der Waals surface area contributed by atoms with Crippen molar-refractivity contribution in [2.24, 2.45) is 0 Å². The van der Waals surface area contributed by atoms with Crippen LogP contribution in [0.2, 0.25) is 0 Å². The van der Waals surface area contributed by atoms with Gasteiger partial charge in [-0.15, -0.1) is 6.58 Å². The third-order valence-corrected chi connectivity index (χ3v) is 4.70. The summed E-state index contributed by atoms with van der Waals surface area (Å²) in [6, 6.07) is 4.99. The molecule has 1 atom stereocenters. The first-order valence-corrected chi connectivity index (χ1v) is 8.11. The number of nitrogens with zero attached hydrogens (tertiary/aromatic N) is 1. The van der Waals surface area contributed by atoms with Gasteiger partial charge in [0.2, 0.25) is 10.0 Å². The minimum atomic E-state index is -3.57. The summed E-state index contributed by atoms with van der Waals surface area (Å²) in [5.41, 5.74) is 0.452. The van der Waals surface area contributed by atoms with E-state index in [1.807, 2.05) is 0 Å². The lowest BCUT2D eigenvalue weighted by atomic mass is 10.3. The number of urea groups is 1. The van der Waals surface area contributed by atoms with E-state index in [4.69, 9.17) is 5.11 Å². The molecule has 8 heteroatoms. The first-order valence-electron chi connectivity index (χ1n) is 6.67. The van der Waals surface area contributed by atoms with Gasteiger partial charge in [0.05, 0.1) is 17.5 Å². The number of benzene rings is 1. The molecule has 1 aromatic carbocycles. The average molecular weight is 327 g/mol. The molecule has 2 amide bonds. The number of hydrogen-bond acceptors (Lipinski definition) is 4. The average Bonchev–Trinajstić information content (AvgIpc) is 2.47. The Hall–Kier alpha value is -1.90. The van der Waals surface area contributed by atoms with Crippen molar-refractivity contribution in [2.75, 3.05) is 25.5 Å². The number of hydrogen-bond donors (Lipinski definition) is 3. The Kier molecular flexibility index (Phi) is 6.54. The van der Waals surface area contributed by atoms with Crippen molar-refractivity contribution in [3.8, 4) is 0 Å². The van der Waals surface area contributed by atoms with E-state index in [-0.39, 0.29) is 24.1 Å². The second-order valence-corrected chi connectivity index (χ2v) is 6.83. The number of aliphatic hydroxyl groups excluding tert-OH is 1. The molecule has 0 spiro atoms. The van der Waals surface area contributed by atoms with Gasteiger partial charge in [-0.3, -0.25) is 0 Å². The van der Waals surface area contributed by atoms with Gasteiger partial charge in [0.15, 0.2) is 0 Å². The fourth-order valence-electron chi connectivity index (χ4n) is 1.61. The largest absolute Gasteiger partial charge is 0.394 e. The molecule has 3 N–H and O–H groups in total. The minimum Gasteiger partial charge on any atom is -0.394 e. The first kappa shape index (κ1) is 18.1. The van der Waals surface area contributed by atoms with Crippen LogP contribution in [-0.2, 0) is 10.0 Å². The SMILES string of the molecule is C=CCN(C)S(=O)(=O)c1ccc(NC(=O)N[C@H](C)CO)cc1. The van der Waals surface area contributed by atoms with Gasteiger partial charge in [-0.25, -0.2) is 13.2 Å². The summed E-state index contributed by atoms with van der Waals surface area (Å²) in [5.74, 6) is 0. The number of carbonyl (C=O) groups excluding carboxylic acids is 1. The van der Waals surface area contributed by atoms with Gasteiger partial charge in [0, 0.05) is 19.3 Å². The molecule has 0 fully saturated rings. The van der Waals surface area contributed by atoms with Crippen LogP contribution in [0.15, 0.2) is 41.8 Å². The Morgan fingerprint density at radius 1 is 1.41 bits per heavy atom. The van der Waals surface area contributed by atoms with E-state index in [2.05, 4.69) is 17.2 Å². The van der Waals surface area contributed by atoms with E-state index in [9.17, 15) is 13.2 Å². The van der Waals surface area contributed by atoms with Gasteiger partial charge >= 0.3 is 6.03 Å². The third-order valence-electron chi connectivity index (χ3n) is 2.86. The maximum Gasteiger partial charge on any atom is 0.319 e. The van der Waals surface area contributed by atoms with E-state index < -0.39 is 16.1 Å². The molecular formula is C14H21N3O4S. The first-order chi connectivity index (χ1) is 10.3. The quantitative estimate of drug-likeness (QED) is 0.651. The molecule has 0 unspecified atom stereocenters. The molecule has 22 heavy (non-hydrogen) atoms. The van der Waals surface area contributed by atoms with Gasteiger partial charge < -0.3 is 15.7 Å². The fraction of sp³-hybridized carbons (Fsp3) is 0.357. The summed E-state index contributed by atoms with van der Waals surface area (Å²) in [6.45, 7) is 5.21. The smallest absolute Gasteiger partial charge is 0.319 e. The Morgan fingerprint density at radius 2 is 2.00 bits per heavy atom. The summed E-state index contributed by atoms with van der Waals surface area (Å²) < 4.78 is 25.6. The van der Waals surface area contributed by atoms with Crippen LogP contribution in [0.5, 0.6) is 0 Å². The van der Waals surface area contributed by atoms with Crippen molar-refractivity contribution in [1.82, 2.24) is 9.62 Å². The highest BCUT2D eigenvalue weighted by Crippen LogP contribution is 2.17. The molecule has 0 radical (unpaired) electrons. The van der Waals surface area contributed by atoms with Gasteiger partial charge in [-0.1, -0.05) is 6.08 Å². The molecule has 0 heterocycles. The molecule has 0 saturated carbocycles. The molecule has 0 aliphatic heterocycles. The number of anilines is 1. The second-order valence-electron chi connectivity index (χ2n) is 4.78. The predicted octanol–water partition coefficient (Wildman–Crippen LogP) is 0.995. The monoisotopic (exact) mass is 327 g/mol. The second kappa shape index (κ2) is 7.92. The molecular weight excluding hydrogens is 306 g/mol. The molecule has 122 valence electrons. The van der Waals surface area contributed by atoms with Crippen molar-refractivity contribution in [2.45, 2.75) is 17.9 Å². The number of carbonyl (C=O) groups is 1. The van der Waals surface area contributed by atoms with E-state index in [1.165, 1.54) is 41.7 Å². The van der Waals surface area contributed by atoms with Crippen LogP contribution < -0.4 is 10.6 Å². The fourth-order valence-corrected chi connectivity index (χ4v) is 2.75. The number of amides is 2. The summed E-state index contributed by atoms with van der Waals surface area (Å²) in [5, 5.41) is 13.9. The Bertz CT molecular complexity index is 613. The zero-order chi connectivity index (χ0) is 16.8. The molecule has 0 aromatic heterocycles. The number of aliphatic hydroxyl groups is 1. The van der Waals surface area contributed by atoms with Crippen molar-refractivity contribution < 1.29 is 18.3 Å². The number of likely N-dealkylation sites (N-methyl/N-ethyl adjacent to an activating group) is 1. The van der Waals surface area contributed by atoms with Crippen LogP contribution in [-0.4, -0.2) is 50.1 Å². The molecule has 0 aliphatic rings. The summed E-state index contributed by atoms with van der Waals surface area (Å²) in [7, 11) is -2.10. The maximum atomic E-state index is 12.2. The van der Waals surface area contributed by atoms with Crippen molar-refractivity contribution >= 4 is 21.7 Å². The van der Waals surface area contributed by atoms with Crippen molar-refractivity contribution in [3.63, 3.8) is 0 Å². The lowest BCUT2D eigenvalue weighted by molar-refractivity contribution is 0.229. The van der Waals surface area contributed by atoms with Crippen molar-refractivity contribution in [1.29, 1.82) is 0 Å². The van der Waals surface area contributed by atoms with Crippen LogP contribution >= 0.6 is 0 Å². The van der Waals surface area contributed by atoms with Gasteiger partial charge in [0.1, 0.15) is 0 Å². The number of nitrogens with one attached hydrogen (secondary N) is 2. The van der Waals surface area contributed by atoms with Crippen LogP contribution in [0.25, 0.3) is 0 Å². The van der Waals surface area contributed by atoms with E-state index in [1.54, 1.807) is 6.92 Å². The Labute approximate surface area is 130 Å². The van der Waals surface area contributed by atoms with Gasteiger partial charge in [0.25, 0.3) is 0 Å². The van der Waals surface area contributed by atoms with Gasteiger partial charge in [-0.2, -0.15) is 4.31 Å². The zero-order valence-electron chi connectivity index (χ0n) is 12.6. The maximum absolute atomic E-state index is 12.2. The van der Waals surface area contributed by atoms with E-state index >= 15 is 0 Å². The topological polar surface area (TPSA) is 98.7 Å². The van der Waals surface area contributed by atoms with Gasteiger partial charge in [-0.05, 0) is 31.2 Å². The summed E-state index contributed by atoms with van der Waals surface area (Å²) >= 11 is 0. The molecule has 7 nitrogen and oxygen atoms in total. The molecule has 0 bridgehead atoms. The van der Waals surface area contributed by atoms with Crippen LogP contribution in [0, 0.1) is 0 Å². The third kappa shape index (κ3) is 4.83. The minimum absolute atomic E-state index is 0.131. The standard InChI is InChI=1S/C14H21N3O4S/c1-4-9-17(3)22(20,21)13-7-5-12(6-8-13)16-14(19)15-11(2)10-18/h4-8,11,18H,1,9-10H2,2-3H3,(H2,15,16,19)/t11-/m1/s1. The van der Waals surface area contributed by atoms with Crippen LogP contribution in [0.3, 0.4) is 0 Å². The van der Waals surface area contributed by atoms with E-state index in [0.29, 0.717) is 5.69 Å². The molecule has 1 rings (SSSR count).